The van der Waals surface area contributed by atoms with Crippen molar-refractivity contribution in [1.29, 1.82) is 0 Å². The molecule has 0 saturated carbocycles. The van der Waals surface area contributed by atoms with Crippen LogP contribution in [0.3, 0.4) is 0 Å². The Bertz CT molecular complexity index is 792. The fourth-order valence-electron chi connectivity index (χ4n) is 2.33. The maximum absolute atomic E-state index is 12.4. The van der Waals surface area contributed by atoms with Crippen LogP contribution in [-0.2, 0) is 11.8 Å². The van der Waals surface area contributed by atoms with Gasteiger partial charge in [-0.1, -0.05) is 32.0 Å². The van der Waals surface area contributed by atoms with Gasteiger partial charge in [0.05, 0.1) is 11.1 Å². The third-order valence-corrected chi connectivity index (χ3v) is 3.62. The van der Waals surface area contributed by atoms with Gasteiger partial charge in [0.15, 0.2) is 0 Å². The van der Waals surface area contributed by atoms with Crippen LogP contribution in [0, 0.1) is 5.92 Å². The largest absolute Gasteiger partial charge is 0.480 e. The summed E-state index contributed by atoms with van der Waals surface area (Å²) in [5.74, 6) is -1.93. The van der Waals surface area contributed by atoms with Crippen molar-refractivity contribution >= 4 is 22.8 Å². The van der Waals surface area contributed by atoms with Crippen molar-refractivity contribution in [2.24, 2.45) is 13.0 Å². The summed E-state index contributed by atoms with van der Waals surface area (Å²) in [4.78, 5) is 35.6. The van der Waals surface area contributed by atoms with Crippen molar-refractivity contribution in [3.8, 4) is 0 Å². The number of carbonyl (C=O) groups is 2. The predicted octanol–water partition coefficient (Wildman–Crippen LogP) is 1.38. The maximum Gasteiger partial charge on any atom is 0.326 e. The highest BCUT2D eigenvalue weighted by Crippen LogP contribution is 2.16. The molecule has 0 bridgehead atoms. The van der Waals surface area contributed by atoms with Gasteiger partial charge in [0.2, 0.25) is 0 Å². The minimum atomic E-state index is -1.10. The second-order valence-corrected chi connectivity index (χ2v) is 5.51. The molecule has 0 aliphatic heterocycles. The summed E-state index contributed by atoms with van der Waals surface area (Å²) >= 11 is 0. The zero-order valence-electron chi connectivity index (χ0n) is 12.7. The highest BCUT2D eigenvalue weighted by Gasteiger charge is 2.25. The number of nitrogens with zero attached hydrogens (tertiary/aromatic N) is 1. The highest BCUT2D eigenvalue weighted by atomic mass is 16.4. The monoisotopic (exact) mass is 302 g/mol. The Labute approximate surface area is 127 Å². The fraction of sp³-hybridized carbons (Fsp3) is 0.312. The first-order chi connectivity index (χ1) is 10.3. The Morgan fingerprint density at radius 1 is 1.23 bits per heavy atom. The summed E-state index contributed by atoms with van der Waals surface area (Å²) < 4.78 is 1.45. The second-order valence-electron chi connectivity index (χ2n) is 5.51. The van der Waals surface area contributed by atoms with E-state index in [2.05, 4.69) is 5.32 Å². The number of aliphatic carboxylic acids is 1. The number of pyridine rings is 1. The van der Waals surface area contributed by atoms with Gasteiger partial charge in [-0.25, -0.2) is 4.79 Å². The molecule has 1 atom stereocenters. The molecule has 22 heavy (non-hydrogen) atoms. The minimum absolute atomic E-state index is 0.186. The Balaban J connectivity index is 2.51. The molecule has 0 aliphatic carbocycles. The lowest BCUT2D eigenvalue weighted by Crippen LogP contribution is -2.44. The van der Waals surface area contributed by atoms with E-state index in [1.54, 1.807) is 45.2 Å². The molecule has 0 unspecified atom stereocenters. The number of aryl methyl sites for hydroxylation is 1. The summed E-state index contributed by atoms with van der Waals surface area (Å²) in [6, 6.07) is 7.24. The van der Waals surface area contributed by atoms with E-state index < -0.39 is 17.9 Å². The predicted molar refractivity (Wildman–Crippen MR) is 82.9 cm³/mol. The molecule has 1 amide bonds. The number of carboxylic acid groups (broad SMARTS) is 1. The SMILES string of the molecule is CC(C)[C@@H](NC(=O)c1cc(=O)n(C)c2ccccc12)C(=O)O. The number of hydrogen-bond donors (Lipinski definition) is 2. The number of fused-ring (bicyclic) bond motifs is 1. The Morgan fingerprint density at radius 3 is 2.45 bits per heavy atom. The molecule has 116 valence electrons. The van der Waals surface area contributed by atoms with Gasteiger partial charge in [0.25, 0.3) is 11.5 Å². The molecule has 0 fully saturated rings. The van der Waals surface area contributed by atoms with Crippen molar-refractivity contribution in [3.63, 3.8) is 0 Å². The van der Waals surface area contributed by atoms with Crippen molar-refractivity contribution in [2.75, 3.05) is 0 Å². The molecule has 0 saturated heterocycles. The number of benzene rings is 1. The molecule has 0 spiro atoms. The number of carboxylic acids is 1. The number of carbonyl (C=O) groups excluding carboxylic acids is 1. The molecule has 1 heterocycles. The number of para-hydroxylation sites is 1. The van der Waals surface area contributed by atoms with Crippen LogP contribution in [0.4, 0.5) is 0 Å². The van der Waals surface area contributed by atoms with Crippen LogP contribution in [-0.4, -0.2) is 27.6 Å². The van der Waals surface area contributed by atoms with Crippen molar-refractivity contribution < 1.29 is 14.7 Å². The zero-order valence-corrected chi connectivity index (χ0v) is 12.7. The second kappa shape index (κ2) is 6.01. The maximum atomic E-state index is 12.4. The minimum Gasteiger partial charge on any atom is -0.480 e. The van der Waals surface area contributed by atoms with Gasteiger partial charge < -0.3 is 15.0 Å². The van der Waals surface area contributed by atoms with Crippen LogP contribution in [0.5, 0.6) is 0 Å². The average Bonchev–Trinajstić information content (AvgIpc) is 2.47. The topological polar surface area (TPSA) is 88.4 Å². The molecule has 2 rings (SSSR count). The molecular formula is C16H18N2O4. The summed E-state index contributed by atoms with van der Waals surface area (Å²) in [6.45, 7) is 3.42. The van der Waals surface area contributed by atoms with Gasteiger partial charge in [0.1, 0.15) is 6.04 Å². The average molecular weight is 302 g/mol. The van der Waals surface area contributed by atoms with Crippen molar-refractivity contribution in [1.82, 2.24) is 9.88 Å². The number of rotatable bonds is 4. The zero-order chi connectivity index (χ0) is 16.4. The number of hydrogen-bond acceptors (Lipinski definition) is 3. The molecule has 2 aromatic rings. The lowest BCUT2D eigenvalue weighted by Gasteiger charge is -2.18. The van der Waals surface area contributed by atoms with Gasteiger partial charge in [-0.05, 0) is 12.0 Å². The van der Waals surface area contributed by atoms with Crippen LogP contribution < -0.4 is 10.9 Å². The van der Waals surface area contributed by atoms with Crippen LogP contribution in [0.1, 0.15) is 24.2 Å². The Morgan fingerprint density at radius 2 is 1.86 bits per heavy atom. The quantitative estimate of drug-likeness (QED) is 0.893. The Hall–Kier alpha value is -2.63. The number of aromatic nitrogens is 1. The van der Waals surface area contributed by atoms with Crippen molar-refractivity contribution in [2.45, 2.75) is 19.9 Å². The smallest absolute Gasteiger partial charge is 0.326 e. The van der Waals surface area contributed by atoms with E-state index in [0.29, 0.717) is 10.9 Å². The highest BCUT2D eigenvalue weighted by molar-refractivity contribution is 6.07. The molecule has 0 aliphatic rings. The van der Waals surface area contributed by atoms with E-state index in [-0.39, 0.29) is 17.0 Å². The van der Waals surface area contributed by atoms with Gasteiger partial charge in [-0.15, -0.1) is 0 Å². The Kier molecular flexibility index (Phi) is 4.30. The normalized spacial score (nSPS) is 12.4. The van der Waals surface area contributed by atoms with Gasteiger partial charge in [0, 0.05) is 18.5 Å². The third-order valence-electron chi connectivity index (χ3n) is 3.62. The molecule has 1 aromatic heterocycles. The van der Waals surface area contributed by atoms with Crippen LogP contribution in [0.2, 0.25) is 0 Å². The fourth-order valence-corrected chi connectivity index (χ4v) is 2.33. The van der Waals surface area contributed by atoms with E-state index in [9.17, 15) is 19.5 Å². The van der Waals surface area contributed by atoms with Crippen LogP contribution >= 0.6 is 0 Å². The molecule has 6 heteroatoms. The third kappa shape index (κ3) is 2.86. The van der Waals surface area contributed by atoms with Gasteiger partial charge >= 0.3 is 5.97 Å². The lowest BCUT2D eigenvalue weighted by atomic mass is 10.0. The summed E-state index contributed by atoms with van der Waals surface area (Å²) in [5.41, 5.74) is 0.488. The number of amides is 1. The molecule has 2 N–H and O–H groups in total. The van der Waals surface area contributed by atoms with E-state index in [1.807, 2.05) is 0 Å². The first-order valence-electron chi connectivity index (χ1n) is 6.95. The lowest BCUT2D eigenvalue weighted by molar-refractivity contribution is -0.140. The van der Waals surface area contributed by atoms with Gasteiger partial charge in [-0.2, -0.15) is 0 Å². The molecule has 0 radical (unpaired) electrons. The molecular weight excluding hydrogens is 284 g/mol. The van der Waals surface area contributed by atoms with E-state index in [1.165, 1.54) is 10.6 Å². The molecule has 6 nitrogen and oxygen atoms in total. The van der Waals surface area contributed by atoms with Crippen LogP contribution in [0.15, 0.2) is 35.1 Å². The van der Waals surface area contributed by atoms with E-state index in [4.69, 9.17) is 0 Å². The van der Waals surface area contributed by atoms with E-state index in [0.717, 1.165) is 0 Å². The van der Waals surface area contributed by atoms with E-state index >= 15 is 0 Å². The van der Waals surface area contributed by atoms with Crippen molar-refractivity contribution in [3.05, 3.63) is 46.2 Å². The first-order valence-corrected chi connectivity index (χ1v) is 6.95. The standard InChI is InChI=1S/C16H18N2O4/c1-9(2)14(16(21)22)17-15(20)11-8-13(19)18(3)12-7-5-4-6-10(11)12/h4-9,14H,1-3H3,(H,17,20)(H,21,22)/t14-/m1/s1. The van der Waals surface area contributed by atoms with Gasteiger partial charge in [-0.3, -0.25) is 9.59 Å². The number of nitrogens with one attached hydrogen (secondary N) is 1. The summed E-state index contributed by atoms with van der Waals surface area (Å²) in [5, 5.41) is 12.3. The first kappa shape index (κ1) is 15.8. The summed E-state index contributed by atoms with van der Waals surface area (Å²) in [7, 11) is 1.63. The van der Waals surface area contributed by atoms with Crippen LogP contribution in [0.25, 0.3) is 10.9 Å². The summed E-state index contributed by atoms with van der Waals surface area (Å²) in [6.07, 6.45) is 0. The molecule has 1 aromatic carbocycles.